The third-order valence-corrected chi connectivity index (χ3v) is 2.88. The van der Waals surface area contributed by atoms with Crippen LogP contribution in [0.1, 0.15) is 24.6 Å². The molecule has 1 N–H and O–H groups in total. The molecule has 1 aromatic carbocycles. The van der Waals surface area contributed by atoms with Gasteiger partial charge in [0.25, 0.3) is 0 Å². The van der Waals surface area contributed by atoms with Gasteiger partial charge in [0, 0.05) is 24.1 Å². The quantitative estimate of drug-likeness (QED) is 0.869. The summed E-state index contributed by atoms with van der Waals surface area (Å²) in [6.07, 6.45) is 3.25. The monoisotopic (exact) mass is 239 g/mol. The highest BCUT2D eigenvalue weighted by atomic mass is 15.0. The fourth-order valence-electron chi connectivity index (χ4n) is 1.92. The standard InChI is InChI=1S/C15H17N3/c1-2-9-18-10-3-4-15(18)12-17-14-7-5-13(11-16)6-8-14/h3-8,10,17H,2,9,12H2,1H3. The minimum atomic E-state index is 0.690. The van der Waals surface area contributed by atoms with Crippen molar-refractivity contribution in [3.63, 3.8) is 0 Å². The topological polar surface area (TPSA) is 40.8 Å². The van der Waals surface area contributed by atoms with Gasteiger partial charge in [-0.2, -0.15) is 5.26 Å². The summed E-state index contributed by atoms with van der Waals surface area (Å²) in [6, 6.07) is 13.8. The van der Waals surface area contributed by atoms with Crippen LogP contribution in [0.5, 0.6) is 0 Å². The zero-order chi connectivity index (χ0) is 12.8. The van der Waals surface area contributed by atoms with Gasteiger partial charge in [-0.1, -0.05) is 6.92 Å². The van der Waals surface area contributed by atoms with Crippen LogP contribution in [0, 0.1) is 11.3 Å². The molecule has 0 unspecified atom stereocenters. The molecule has 0 saturated carbocycles. The van der Waals surface area contributed by atoms with Crippen molar-refractivity contribution in [1.82, 2.24) is 4.57 Å². The van der Waals surface area contributed by atoms with Crippen molar-refractivity contribution in [1.29, 1.82) is 5.26 Å². The zero-order valence-corrected chi connectivity index (χ0v) is 10.6. The molecule has 3 nitrogen and oxygen atoms in total. The van der Waals surface area contributed by atoms with Crippen LogP contribution in [0.25, 0.3) is 0 Å². The SMILES string of the molecule is CCCn1cccc1CNc1ccc(C#N)cc1. The van der Waals surface area contributed by atoms with Gasteiger partial charge < -0.3 is 9.88 Å². The van der Waals surface area contributed by atoms with E-state index in [4.69, 9.17) is 5.26 Å². The lowest BCUT2D eigenvalue weighted by Crippen LogP contribution is -2.06. The van der Waals surface area contributed by atoms with Gasteiger partial charge in [0.15, 0.2) is 0 Å². The number of nitriles is 1. The number of hydrogen-bond acceptors (Lipinski definition) is 2. The average Bonchev–Trinajstić information content (AvgIpc) is 2.85. The van der Waals surface area contributed by atoms with Gasteiger partial charge >= 0.3 is 0 Å². The molecule has 0 aliphatic heterocycles. The molecule has 0 aliphatic rings. The first kappa shape index (κ1) is 12.3. The Balaban J connectivity index is 1.98. The first-order chi connectivity index (χ1) is 8.83. The summed E-state index contributed by atoms with van der Waals surface area (Å²) in [5, 5.41) is 12.1. The first-order valence-electron chi connectivity index (χ1n) is 6.21. The van der Waals surface area contributed by atoms with E-state index in [0.29, 0.717) is 5.56 Å². The van der Waals surface area contributed by atoms with E-state index in [9.17, 15) is 0 Å². The Labute approximate surface area is 108 Å². The largest absolute Gasteiger partial charge is 0.379 e. The maximum Gasteiger partial charge on any atom is 0.0991 e. The van der Waals surface area contributed by atoms with Crippen LogP contribution in [0.3, 0.4) is 0 Å². The van der Waals surface area contributed by atoms with Crippen molar-refractivity contribution in [2.75, 3.05) is 5.32 Å². The molecule has 0 bridgehead atoms. The molecule has 0 spiro atoms. The van der Waals surface area contributed by atoms with Gasteiger partial charge in [-0.25, -0.2) is 0 Å². The van der Waals surface area contributed by atoms with Gasteiger partial charge in [-0.3, -0.25) is 0 Å². The molecule has 18 heavy (non-hydrogen) atoms. The maximum absolute atomic E-state index is 8.73. The molecule has 0 atom stereocenters. The fraction of sp³-hybridized carbons (Fsp3) is 0.267. The molecule has 0 saturated heterocycles. The van der Waals surface area contributed by atoms with Crippen LogP contribution in [0.4, 0.5) is 5.69 Å². The Kier molecular flexibility index (Phi) is 4.03. The summed E-state index contributed by atoms with van der Waals surface area (Å²) < 4.78 is 2.26. The highest BCUT2D eigenvalue weighted by Gasteiger charge is 2.00. The molecule has 3 heteroatoms. The van der Waals surface area contributed by atoms with Crippen LogP contribution < -0.4 is 5.32 Å². The summed E-state index contributed by atoms with van der Waals surface area (Å²) in [4.78, 5) is 0. The van der Waals surface area contributed by atoms with E-state index in [2.05, 4.69) is 41.2 Å². The lowest BCUT2D eigenvalue weighted by molar-refractivity contribution is 0.654. The average molecular weight is 239 g/mol. The molecule has 1 heterocycles. The van der Waals surface area contributed by atoms with Crippen LogP contribution >= 0.6 is 0 Å². The smallest absolute Gasteiger partial charge is 0.0991 e. The minimum absolute atomic E-state index is 0.690. The van der Waals surface area contributed by atoms with Crippen LogP contribution in [-0.4, -0.2) is 4.57 Å². The summed E-state index contributed by atoms with van der Waals surface area (Å²) in [6.45, 7) is 4.04. The van der Waals surface area contributed by atoms with Gasteiger partial charge in [0.1, 0.15) is 0 Å². The van der Waals surface area contributed by atoms with Gasteiger partial charge in [-0.15, -0.1) is 0 Å². The molecular formula is C15H17N3. The van der Waals surface area contributed by atoms with E-state index in [0.717, 1.165) is 25.2 Å². The molecule has 2 rings (SSSR count). The van der Waals surface area contributed by atoms with Crippen LogP contribution in [0.15, 0.2) is 42.6 Å². The normalized spacial score (nSPS) is 10.0. The predicted molar refractivity (Wildman–Crippen MR) is 73.2 cm³/mol. The summed E-state index contributed by atoms with van der Waals surface area (Å²) in [7, 11) is 0. The fourth-order valence-corrected chi connectivity index (χ4v) is 1.92. The number of aromatic nitrogens is 1. The van der Waals surface area contributed by atoms with E-state index in [1.54, 1.807) is 0 Å². The molecule has 92 valence electrons. The number of hydrogen-bond donors (Lipinski definition) is 1. The predicted octanol–water partition coefficient (Wildman–Crippen LogP) is 3.38. The Bertz CT molecular complexity index is 532. The van der Waals surface area contributed by atoms with E-state index < -0.39 is 0 Å². The molecule has 1 aromatic heterocycles. The number of benzene rings is 1. The second-order valence-electron chi connectivity index (χ2n) is 4.24. The number of nitrogens with one attached hydrogen (secondary N) is 1. The van der Waals surface area contributed by atoms with Crippen molar-refractivity contribution in [3.05, 3.63) is 53.9 Å². The van der Waals surface area contributed by atoms with Crippen LogP contribution in [-0.2, 0) is 13.1 Å². The van der Waals surface area contributed by atoms with E-state index >= 15 is 0 Å². The molecule has 0 radical (unpaired) electrons. The minimum Gasteiger partial charge on any atom is -0.379 e. The van der Waals surface area contributed by atoms with E-state index in [1.165, 1.54) is 5.69 Å². The van der Waals surface area contributed by atoms with Crippen molar-refractivity contribution in [3.8, 4) is 6.07 Å². The van der Waals surface area contributed by atoms with Crippen LogP contribution in [0.2, 0.25) is 0 Å². The summed E-state index contributed by atoms with van der Waals surface area (Å²) >= 11 is 0. The molecule has 0 amide bonds. The maximum atomic E-state index is 8.73. The molecule has 2 aromatic rings. The Morgan fingerprint density at radius 2 is 2.00 bits per heavy atom. The molecule has 0 fully saturated rings. The van der Waals surface area contributed by atoms with Gasteiger partial charge in [-0.05, 0) is 42.8 Å². The Hall–Kier alpha value is -2.21. The van der Waals surface area contributed by atoms with Crippen molar-refractivity contribution in [2.45, 2.75) is 26.4 Å². The van der Waals surface area contributed by atoms with E-state index in [1.807, 2.05) is 24.3 Å². The molecule has 0 aliphatic carbocycles. The lowest BCUT2D eigenvalue weighted by atomic mass is 10.2. The van der Waals surface area contributed by atoms with Gasteiger partial charge in [0.05, 0.1) is 18.2 Å². The zero-order valence-electron chi connectivity index (χ0n) is 10.6. The van der Waals surface area contributed by atoms with E-state index in [-0.39, 0.29) is 0 Å². The lowest BCUT2D eigenvalue weighted by Gasteiger charge is -2.10. The third-order valence-electron chi connectivity index (χ3n) is 2.88. The number of anilines is 1. The number of aryl methyl sites for hydroxylation is 1. The summed E-state index contributed by atoms with van der Waals surface area (Å²) in [5.74, 6) is 0. The highest BCUT2D eigenvalue weighted by Crippen LogP contribution is 2.11. The number of nitrogens with zero attached hydrogens (tertiary/aromatic N) is 2. The second kappa shape index (κ2) is 5.92. The molecular weight excluding hydrogens is 222 g/mol. The number of rotatable bonds is 5. The first-order valence-corrected chi connectivity index (χ1v) is 6.21. The van der Waals surface area contributed by atoms with Gasteiger partial charge in [0.2, 0.25) is 0 Å². The van der Waals surface area contributed by atoms with Crippen molar-refractivity contribution in [2.24, 2.45) is 0 Å². The van der Waals surface area contributed by atoms with Crippen molar-refractivity contribution < 1.29 is 0 Å². The second-order valence-corrected chi connectivity index (χ2v) is 4.24. The Morgan fingerprint density at radius 3 is 2.67 bits per heavy atom. The third kappa shape index (κ3) is 2.92. The Morgan fingerprint density at radius 1 is 1.22 bits per heavy atom. The van der Waals surface area contributed by atoms with Crippen molar-refractivity contribution >= 4 is 5.69 Å². The highest BCUT2D eigenvalue weighted by molar-refractivity contribution is 5.47. The summed E-state index contributed by atoms with van der Waals surface area (Å²) in [5.41, 5.74) is 3.01.